The van der Waals surface area contributed by atoms with E-state index in [1.807, 2.05) is 41.3 Å². The van der Waals surface area contributed by atoms with Gasteiger partial charge in [-0.15, -0.1) is 0 Å². The van der Waals surface area contributed by atoms with E-state index in [4.69, 9.17) is 11.6 Å². The molecule has 0 unspecified atom stereocenters. The molecule has 3 aliphatic heterocycles. The molecule has 174 valence electrons. The van der Waals surface area contributed by atoms with Crippen LogP contribution in [-0.2, 0) is 15.0 Å². The number of halogens is 2. The molecule has 3 heterocycles. The molecule has 0 saturated carbocycles. The Morgan fingerprint density at radius 3 is 2.54 bits per heavy atom. The number of ketones is 2. The first-order valence-electron chi connectivity index (χ1n) is 11.3. The molecule has 7 heteroatoms. The van der Waals surface area contributed by atoms with Gasteiger partial charge in [-0.3, -0.25) is 14.4 Å². The van der Waals surface area contributed by atoms with E-state index in [9.17, 15) is 18.8 Å². The minimum atomic E-state index is -1.35. The highest BCUT2D eigenvalue weighted by molar-refractivity contribution is 6.31. The number of rotatable bonds is 3. The zero-order valence-corrected chi connectivity index (χ0v) is 19.4. The van der Waals surface area contributed by atoms with E-state index in [0.717, 1.165) is 11.3 Å². The summed E-state index contributed by atoms with van der Waals surface area (Å²) in [6.07, 6.45) is 3.77. The number of benzene rings is 3. The maximum absolute atomic E-state index is 14.2. The molecule has 0 bridgehead atoms. The van der Waals surface area contributed by atoms with E-state index in [-0.39, 0.29) is 23.0 Å². The molecule has 1 amide bonds. The van der Waals surface area contributed by atoms with Crippen molar-refractivity contribution in [3.63, 3.8) is 0 Å². The lowest BCUT2D eigenvalue weighted by molar-refractivity contribution is -0.122. The maximum Gasteiger partial charge on any atom is 0.238 e. The highest BCUT2D eigenvalue weighted by atomic mass is 35.5. The van der Waals surface area contributed by atoms with E-state index in [2.05, 4.69) is 5.32 Å². The van der Waals surface area contributed by atoms with Crippen LogP contribution >= 0.6 is 11.6 Å². The van der Waals surface area contributed by atoms with Crippen molar-refractivity contribution in [1.82, 2.24) is 0 Å². The number of hydrogen-bond donors (Lipinski definition) is 1. The minimum Gasteiger partial charge on any atom is -0.352 e. The molecule has 6 rings (SSSR count). The molecule has 3 aromatic rings. The van der Waals surface area contributed by atoms with E-state index in [1.165, 1.54) is 31.2 Å². The number of para-hydroxylation sites is 1. The van der Waals surface area contributed by atoms with Gasteiger partial charge in [0.15, 0.2) is 11.6 Å². The SMILES string of the molecule is CC(=O)[C@H]1[C@@H](C(=O)c2ccc(F)cc2)[C@]2(C(=O)Nc3ccccc32)[C@H]2C=Cc3cc(Cl)ccc3N12. The average Bonchev–Trinajstić information content (AvgIpc) is 3.32. The van der Waals surface area contributed by atoms with Gasteiger partial charge in [-0.2, -0.15) is 0 Å². The van der Waals surface area contributed by atoms with E-state index in [0.29, 0.717) is 16.3 Å². The van der Waals surface area contributed by atoms with E-state index >= 15 is 0 Å². The van der Waals surface area contributed by atoms with Gasteiger partial charge < -0.3 is 10.2 Å². The number of carbonyl (C=O) groups excluding carboxylic acids is 3. The average molecular weight is 487 g/mol. The Labute approximate surface area is 206 Å². The van der Waals surface area contributed by atoms with Gasteiger partial charge in [0.2, 0.25) is 5.91 Å². The number of anilines is 2. The Morgan fingerprint density at radius 2 is 1.80 bits per heavy atom. The summed E-state index contributed by atoms with van der Waals surface area (Å²) in [4.78, 5) is 43.3. The first-order valence-corrected chi connectivity index (χ1v) is 11.7. The van der Waals surface area contributed by atoms with Crippen LogP contribution in [0.1, 0.15) is 28.4 Å². The Balaban J connectivity index is 1.65. The number of Topliss-reactive ketones (excluding diaryl/α,β-unsaturated/α-hetero) is 2. The maximum atomic E-state index is 14.2. The Hall–Kier alpha value is -3.77. The summed E-state index contributed by atoms with van der Waals surface area (Å²) in [5, 5.41) is 3.50. The number of nitrogens with zero attached hydrogens (tertiary/aromatic N) is 1. The molecule has 1 fully saturated rings. The highest BCUT2D eigenvalue weighted by Crippen LogP contribution is 2.57. The first-order chi connectivity index (χ1) is 16.8. The van der Waals surface area contributed by atoms with Crippen molar-refractivity contribution in [2.45, 2.75) is 24.4 Å². The summed E-state index contributed by atoms with van der Waals surface area (Å²) in [6.45, 7) is 1.44. The predicted octanol–water partition coefficient (Wildman–Crippen LogP) is 5.04. The molecule has 3 aliphatic rings. The van der Waals surface area contributed by atoms with Crippen LogP contribution in [0.2, 0.25) is 5.02 Å². The molecule has 0 aromatic heterocycles. The van der Waals surface area contributed by atoms with E-state index < -0.39 is 29.2 Å². The quantitative estimate of drug-likeness (QED) is 0.527. The summed E-state index contributed by atoms with van der Waals surface area (Å²) in [7, 11) is 0. The largest absolute Gasteiger partial charge is 0.352 e. The van der Waals surface area contributed by atoms with Gasteiger partial charge in [0.05, 0.1) is 18.0 Å². The number of carbonyl (C=O) groups is 3. The number of fused-ring (bicyclic) bond motifs is 6. The first kappa shape index (κ1) is 21.7. The molecule has 0 aliphatic carbocycles. The summed E-state index contributed by atoms with van der Waals surface area (Å²) in [5.74, 6) is -2.46. The van der Waals surface area contributed by atoms with Crippen LogP contribution in [0, 0.1) is 11.7 Å². The fourth-order valence-corrected chi connectivity index (χ4v) is 6.28. The Morgan fingerprint density at radius 1 is 1.06 bits per heavy atom. The normalized spacial score (nSPS) is 25.7. The summed E-state index contributed by atoms with van der Waals surface area (Å²) in [6, 6.07) is 16.4. The van der Waals surface area contributed by atoms with Crippen LogP contribution in [0.4, 0.5) is 15.8 Å². The molecule has 35 heavy (non-hydrogen) atoms. The Kier molecular flexibility index (Phi) is 4.73. The van der Waals surface area contributed by atoms with Gasteiger partial charge in [-0.25, -0.2) is 4.39 Å². The van der Waals surface area contributed by atoms with Crippen LogP contribution in [-0.4, -0.2) is 29.6 Å². The van der Waals surface area contributed by atoms with Crippen molar-refractivity contribution < 1.29 is 18.8 Å². The van der Waals surface area contributed by atoms with Crippen LogP contribution in [0.5, 0.6) is 0 Å². The second-order valence-electron chi connectivity index (χ2n) is 9.19. The number of hydrogen-bond acceptors (Lipinski definition) is 4. The molecular weight excluding hydrogens is 467 g/mol. The van der Waals surface area contributed by atoms with Crippen molar-refractivity contribution in [2.24, 2.45) is 5.92 Å². The van der Waals surface area contributed by atoms with Crippen molar-refractivity contribution in [3.8, 4) is 0 Å². The second-order valence-corrected chi connectivity index (χ2v) is 9.62. The predicted molar refractivity (Wildman–Crippen MR) is 132 cm³/mol. The molecule has 0 radical (unpaired) electrons. The molecule has 4 atom stereocenters. The second kappa shape index (κ2) is 7.62. The molecule has 1 saturated heterocycles. The summed E-state index contributed by atoms with van der Waals surface area (Å²) >= 11 is 6.23. The van der Waals surface area contributed by atoms with Crippen LogP contribution < -0.4 is 10.2 Å². The molecular formula is C28H20ClFN2O3. The Bertz CT molecular complexity index is 1450. The molecule has 1 N–H and O–H groups in total. The van der Waals surface area contributed by atoms with Crippen molar-refractivity contribution >= 4 is 46.5 Å². The van der Waals surface area contributed by atoms with Crippen LogP contribution in [0.15, 0.2) is 72.8 Å². The summed E-state index contributed by atoms with van der Waals surface area (Å²) < 4.78 is 13.7. The zero-order valence-electron chi connectivity index (χ0n) is 18.7. The molecule has 5 nitrogen and oxygen atoms in total. The summed E-state index contributed by atoms with van der Waals surface area (Å²) in [5.41, 5.74) is 1.72. The van der Waals surface area contributed by atoms with Crippen LogP contribution in [0.25, 0.3) is 6.08 Å². The van der Waals surface area contributed by atoms with Crippen molar-refractivity contribution in [3.05, 3.63) is 100 Å². The van der Waals surface area contributed by atoms with Gasteiger partial charge >= 0.3 is 0 Å². The van der Waals surface area contributed by atoms with Gasteiger partial charge in [0.1, 0.15) is 11.2 Å². The minimum absolute atomic E-state index is 0.235. The fourth-order valence-electron chi connectivity index (χ4n) is 6.10. The number of amides is 1. The van der Waals surface area contributed by atoms with Gasteiger partial charge in [-0.05, 0) is 66.6 Å². The lowest BCUT2D eigenvalue weighted by atomic mass is 9.64. The van der Waals surface area contributed by atoms with Gasteiger partial charge in [0, 0.05) is 22.0 Å². The third-order valence-electron chi connectivity index (χ3n) is 7.42. The highest BCUT2D eigenvalue weighted by Gasteiger charge is 2.69. The smallest absolute Gasteiger partial charge is 0.238 e. The van der Waals surface area contributed by atoms with Crippen molar-refractivity contribution in [2.75, 3.05) is 10.2 Å². The third-order valence-corrected chi connectivity index (χ3v) is 7.66. The topological polar surface area (TPSA) is 66.5 Å². The molecule has 3 aromatic carbocycles. The van der Waals surface area contributed by atoms with Gasteiger partial charge in [-0.1, -0.05) is 42.0 Å². The fraction of sp³-hybridized carbons (Fsp3) is 0.179. The van der Waals surface area contributed by atoms with Crippen molar-refractivity contribution in [1.29, 1.82) is 0 Å². The lowest BCUT2D eigenvalue weighted by Gasteiger charge is -2.37. The standard InChI is InChI=1S/C28H20ClFN2O3/c1-15(33)25-24(26(34)16-6-10-19(30)11-7-16)28(20-4-2-3-5-21(20)31-27(28)35)23-13-8-17-14-18(29)9-12-22(17)32(23)25/h2-14,23-25H,1H3,(H,31,35)/t23-,24+,25+,28-/m1/s1. The third kappa shape index (κ3) is 2.89. The monoisotopic (exact) mass is 486 g/mol. The zero-order chi connectivity index (χ0) is 24.5. The lowest BCUT2D eigenvalue weighted by Crippen LogP contribution is -2.51. The van der Waals surface area contributed by atoms with Gasteiger partial charge in [0.25, 0.3) is 0 Å². The molecule has 1 spiro atoms. The van der Waals surface area contributed by atoms with Crippen LogP contribution in [0.3, 0.4) is 0 Å². The van der Waals surface area contributed by atoms with E-state index in [1.54, 1.807) is 18.2 Å². The number of nitrogens with one attached hydrogen (secondary N) is 1.